The number of aryl methyl sites for hydroxylation is 2. The van der Waals surface area contributed by atoms with Gasteiger partial charge in [0.15, 0.2) is 11.3 Å². The van der Waals surface area contributed by atoms with Gasteiger partial charge in [0.1, 0.15) is 5.69 Å². The summed E-state index contributed by atoms with van der Waals surface area (Å²) < 4.78 is 46.4. The summed E-state index contributed by atoms with van der Waals surface area (Å²) in [4.78, 5) is 19.9. The van der Waals surface area contributed by atoms with E-state index in [1.54, 1.807) is 17.1 Å². The summed E-state index contributed by atoms with van der Waals surface area (Å²) in [6.07, 6.45) is 2.02. The number of nitrogens with one attached hydrogen (secondary N) is 1. The number of aromatic nitrogens is 6. The first-order chi connectivity index (χ1) is 15.7. The van der Waals surface area contributed by atoms with Gasteiger partial charge in [0.2, 0.25) is 18.6 Å². The second kappa shape index (κ2) is 8.68. The van der Waals surface area contributed by atoms with E-state index in [1.807, 2.05) is 26.1 Å². The van der Waals surface area contributed by atoms with Crippen LogP contribution in [0.25, 0.3) is 16.6 Å². The highest BCUT2D eigenvalue weighted by Gasteiger charge is 2.30. The van der Waals surface area contributed by atoms with Crippen LogP contribution in [0.3, 0.4) is 0 Å². The molecule has 0 aromatic carbocycles. The van der Waals surface area contributed by atoms with Crippen LogP contribution < -0.4 is 10.00 Å². The van der Waals surface area contributed by atoms with Crippen molar-refractivity contribution in [3.63, 3.8) is 0 Å². The smallest absolute Gasteiger partial charge is 0.417 e. The second-order valence-corrected chi connectivity index (χ2v) is 7.08. The molecule has 0 unspecified atom stereocenters. The lowest BCUT2D eigenvalue weighted by molar-refractivity contribution is -0.755. The topological polar surface area (TPSA) is 117 Å². The fourth-order valence-electron chi connectivity index (χ4n) is 3.09. The molecule has 0 aliphatic rings. The molecule has 170 valence electrons. The molecule has 0 spiro atoms. The summed E-state index contributed by atoms with van der Waals surface area (Å²) in [7, 11) is 1.85. The molecule has 0 saturated heterocycles. The molecule has 0 radical (unpaired) electrons. The first-order valence-corrected chi connectivity index (χ1v) is 9.54. The Kier molecular flexibility index (Phi) is 5.77. The van der Waals surface area contributed by atoms with Crippen molar-refractivity contribution in [2.24, 2.45) is 7.05 Å². The van der Waals surface area contributed by atoms with Crippen LogP contribution in [0.4, 0.5) is 29.5 Å². The number of halogens is 3. The fraction of sp³-hybridized carbons (Fsp3) is 0.200. The summed E-state index contributed by atoms with van der Waals surface area (Å²) in [6, 6.07) is 3.56. The number of amides is 2. The van der Waals surface area contributed by atoms with Crippen molar-refractivity contribution in [3.05, 3.63) is 71.3 Å². The Balaban J connectivity index is 1.37. The van der Waals surface area contributed by atoms with Crippen LogP contribution in [0, 0.1) is 6.92 Å². The van der Waals surface area contributed by atoms with Crippen LogP contribution in [-0.2, 0) is 19.8 Å². The Morgan fingerprint density at radius 2 is 2.06 bits per heavy atom. The van der Waals surface area contributed by atoms with Crippen molar-refractivity contribution in [2.75, 3.05) is 5.32 Å². The van der Waals surface area contributed by atoms with Crippen molar-refractivity contribution in [1.29, 1.82) is 0 Å². The zero-order valence-corrected chi connectivity index (χ0v) is 17.4. The largest absolute Gasteiger partial charge is 0.423 e. The quantitative estimate of drug-likeness (QED) is 0.455. The van der Waals surface area contributed by atoms with Gasteiger partial charge in [-0.2, -0.15) is 18.3 Å². The average molecular weight is 458 g/mol. The number of hydrogen-bond donors (Lipinski definition) is 1. The summed E-state index contributed by atoms with van der Waals surface area (Å²) in [5.74, 6) is -0.130. The van der Waals surface area contributed by atoms with Crippen LogP contribution in [0.2, 0.25) is 0 Å². The summed E-state index contributed by atoms with van der Waals surface area (Å²) in [5.41, 5.74) is 2.45. The van der Waals surface area contributed by atoms with E-state index in [-0.39, 0.29) is 18.1 Å². The van der Waals surface area contributed by atoms with Gasteiger partial charge in [-0.3, -0.25) is 19.4 Å². The molecule has 0 bridgehead atoms. The molecule has 0 saturated carbocycles. The fourth-order valence-corrected chi connectivity index (χ4v) is 3.09. The second-order valence-electron chi connectivity index (χ2n) is 7.08. The minimum atomic E-state index is -4.58. The summed E-state index contributed by atoms with van der Waals surface area (Å²) in [6.45, 7) is 2.22. The maximum Gasteiger partial charge on any atom is 0.417 e. The van der Waals surface area contributed by atoms with Gasteiger partial charge in [0.05, 0.1) is 17.5 Å². The third-order valence-corrected chi connectivity index (χ3v) is 4.57. The predicted molar refractivity (Wildman–Crippen MR) is 108 cm³/mol. The van der Waals surface area contributed by atoms with Crippen molar-refractivity contribution >= 4 is 17.6 Å². The highest BCUT2D eigenvalue weighted by atomic mass is 19.4. The van der Waals surface area contributed by atoms with Crippen molar-refractivity contribution in [3.8, 4) is 11.3 Å². The number of carbonyl (C=O) groups excluding carboxylic acids is 1. The Bertz CT molecular complexity index is 1260. The molecule has 0 aliphatic carbocycles. The molecule has 33 heavy (non-hydrogen) atoms. The monoisotopic (exact) mass is 458 g/mol. The molecule has 4 aromatic rings. The van der Waals surface area contributed by atoms with Gasteiger partial charge in [0, 0.05) is 31.2 Å². The third-order valence-electron chi connectivity index (χ3n) is 4.57. The van der Waals surface area contributed by atoms with Gasteiger partial charge in [-0.05, 0) is 41.1 Å². The molecule has 13 heteroatoms. The van der Waals surface area contributed by atoms with E-state index in [0.29, 0.717) is 11.9 Å². The molecule has 2 amide bonds. The molecule has 4 heterocycles. The predicted octanol–water partition coefficient (Wildman–Crippen LogP) is 3.77. The Morgan fingerprint density at radius 3 is 2.73 bits per heavy atom. The lowest BCUT2D eigenvalue weighted by Gasteiger charge is -2.14. The zero-order chi connectivity index (χ0) is 23.6. The van der Waals surface area contributed by atoms with Gasteiger partial charge in [-0.25, -0.2) is 0 Å². The number of carbonyl (C=O) groups is 1. The standard InChI is InChI=1S/C20H17F3N8O2/c1-12-6-26-30(2)18(12)13-3-4-15(25-7-13)10-31-11-17(33-29-31)28-19(32)27-16-5-14(8-24-9-16)20(21,22)23/h3-9,11H,10H2,1-2H3,(H-,27,28,29,32). The van der Waals surface area contributed by atoms with Crippen molar-refractivity contribution in [2.45, 2.75) is 19.6 Å². The van der Waals surface area contributed by atoms with Gasteiger partial charge in [-0.15, -0.1) is 0 Å². The van der Waals surface area contributed by atoms with Crippen LogP contribution in [0.15, 0.2) is 53.7 Å². The molecule has 10 nitrogen and oxygen atoms in total. The summed E-state index contributed by atoms with van der Waals surface area (Å²) >= 11 is 0. The van der Waals surface area contributed by atoms with E-state index in [1.165, 1.54) is 10.9 Å². The van der Waals surface area contributed by atoms with Crippen LogP contribution in [0.5, 0.6) is 0 Å². The number of nitrogens with zero attached hydrogens (tertiary/aromatic N) is 7. The number of anilines is 1. The zero-order valence-electron chi connectivity index (χ0n) is 17.4. The maximum absolute atomic E-state index is 12.8. The Labute approximate surface area is 185 Å². The van der Waals surface area contributed by atoms with Gasteiger partial charge in [-0.1, -0.05) is 0 Å². The molecule has 0 fully saturated rings. The number of alkyl halides is 3. The van der Waals surface area contributed by atoms with Gasteiger partial charge in [0.25, 0.3) is 0 Å². The highest BCUT2D eigenvalue weighted by Crippen LogP contribution is 2.30. The minimum absolute atomic E-state index is 0.130. The first kappa shape index (κ1) is 21.9. The summed E-state index contributed by atoms with van der Waals surface area (Å²) in [5, 5.41) is 13.8. The molecule has 0 aliphatic heterocycles. The molecule has 0 atom stereocenters. The van der Waals surface area contributed by atoms with E-state index in [2.05, 4.69) is 31.0 Å². The Hall–Kier alpha value is -4.29. The third kappa shape index (κ3) is 5.14. The van der Waals surface area contributed by atoms with Crippen molar-refractivity contribution in [1.82, 2.24) is 25.0 Å². The normalized spacial score (nSPS) is 11.4. The van der Waals surface area contributed by atoms with Crippen LogP contribution in [0.1, 0.15) is 16.8 Å². The minimum Gasteiger partial charge on any atom is -0.423 e. The van der Waals surface area contributed by atoms with Gasteiger partial charge < -0.3 is 15.2 Å². The van der Waals surface area contributed by atoms with E-state index in [4.69, 9.17) is 4.52 Å². The van der Waals surface area contributed by atoms with E-state index in [0.717, 1.165) is 29.1 Å². The van der Waals surface area contributed by atoms with E-state index >= 15 is 0 Å². The maximum atomic E-state index is 12.8. The molecular formula is C20H17F3N8O2. The molecule has 4 aromatic heterocycles. The number of pyridine rings is 2. The SMILES string of the molecule is Cc1cnn(C)c1-c1ccc(C[n+]2cc([N-]C(=O)Nc3cncc(C(F)(F)F)c3)on2)nc1. The highest BCUT2D eigenvalue weighted by molar-refractivity contribution is 6.03. The lowest BCUT2D eigenvalue weighted by Crippen LogP contribution is -2.35. The van der Waals surface area contributed by atoms with Crippen molar-refractivity contribution < 1.29 is 27.2 Å². The number of rotatable bonds is 5. The molecular weight excluding hydrogens is 441 g/mol. The van der Waals surface area contributed by atoms with E-state index < -0.39 is 17.8 Å². The van der Waals surface area contributed by atoms with Crippen LogP contribution in [-0.4, -0.2) is 31.1 Å². The van der Waals surface area contributed by atoms with Crippen LogP contribution >= 0.6 is 0 Å². The Morgan fingerprint density at radius 1 is 1.24 bits per heavy atom. The first-order valence-electron chi connectivity index (χ1n) is 9.54. The number of hydrogen-bond acceptors (Lipinski definition) is 6. The molecule has 4 rings (SSSR count). The number of urea groups is 1. The molecule has 1 N–H and O–H groups in total. The lowest BCUT2D eigenvalue weighted by atomic mass is 10.1. The van der Waals surface area contributed by atoms with Gasteiger partial charge >= 0.3 is 6.18 Å². The van der Waals surface area contributed by atoms with E-state index in [9.17, 15) is 18.0 Å². The average Bonchev–Trinajstić information content (AvgIpc) is 3.33.